The van der Waals surface area contributed by atoms with E-state index in [0.717, 1.165) is 44.9 Å². The van der Waals surface area contributed by atoms with Crippen molar-refractivity contribution in [1.29, 1.82) is 0 Å². The predicted molar refractivity (Wildman–Crippen MR) is 321 cm³/mol. The lowest BCUT2D eigenvalue weighted by Crippen LogP contribution is -2.46. The predicted octanol–water partition coefficient (Wildman–Crippen LogP) is 19.7. The fraction of sp³-hybridized carbons (Fsp3) is 0.923. The first-order valence-electron chi connectivity index (χ1n) is 32.7. The molecule has 0 aliphatic heterocycles. The summed E-state index contributed by atoms with van der Waals surface area (Å²) < 4.78 is 23.5. The van der Waals surface area contributed by atoms with E-state index in [0.29, 0.717) is 23.9 Å². The summed E-state index contributed by atoms with van der Waals surface area (Å²) in [6.45, 7) is 4.77. The Bertz CT molecular complexity index is 1260. The van der Waals surface area contributed by atoms with Crippen molar-refractivity contribution in [3.8, 4) is 0 Å². The molecule has 0 aliphatic rings. The third-order valence-electron chi connectivity index (χ3n) is 15.2. The maximum absolute atomic E-state index is 13.0. The lowest BCUT2D eigenvalue weighted by molar-refractivity contribution is -0.870. The molecule has 2 N–H and O–H groups in total. The van der Waals surface area contributed by atoms with E-state index in [9.17, 15) is 19.4 Å². The van der Waals surface area contributed by atoms with Crippen molar-refractivity contribution in [3.63, 3.8) is 0 Å². The van der Waals surface area contributed by atoms with Crippen LogP contribution in [0.4, 0.5) is 0 Å². The molecule has 0 radical (unpaired) electrons. The summed E-state index contributed by atoms with van der Waals surface area (Å²) in [5.74, 6) is -0.158. The third kappa shape index (κ3) is 58.7. The van der Waals surface area contributed by atoms with E-state index in [4.69, 9.17) is 9.05 Å². The molecule has 0 rings (SSSR count). The number of carbonyl (C=O) groups excluding carboxylic acids is 1. The van der Waals surface area contributed by atoms with Gasteiger partial charge in [-0.15, -0.1) is 0 Å². The normalized spacial score (nSPS) is 13.9. The lowest BCUT2D eigenvalue weighted by Gasteiger charge is -2.30. The number of rotatable bonds is 61. The molecular formula is C65H129N2O6P. The van der Waals surface area contributed by atoms with E-state index in [2.05, 4.69) is 43.5 Å². The number of hydrogen-bond donors (Lipinski definition) is 2. The van der Waals surface area contributed by atoms with Crippen molar-refractivity contribution in [2.45, 2.75) is 347 Å². The van der Waals surface area contributed by atoms with Gasteiger partial charge in [-0.2, -0.15) is 0 Å². The SMILES string of the molecule is CCCCCCCCCCC/C=C\C/C=C\CCCCCCCCCCCCCCCCCCCC(=O)NC(COP(=O)([O-])OCC[N+](C)(C)C)C(O)CCCCCCCCCCCCCCCCCCCCC. The monoisotopic (exact) mass is 1060 g/mol. The second-order valence-electron chi connectivity index (χ2n) is 23.8. The topological polar surface area (TPSA) is 108 Å². The maximum Gasteiger partial charge on any atom is 0.268 e. The summed E-state index contributed by atoms with van der Waals surface area (Å²) in [7, 11) is 1.32. The van der Waals surface area contributed by atoms with Crippen molar-refractivity contribution in [3.05, 3.63) is 24.3 Å². The van der Waals surface area contributed by atoms with Crippen molar-refractivity contribution >= 4 is 13.7 Å². The van der Waals surface area contributed by atoms with Crippen LogP contribution in [0.1, 0.15) is 335 Å². The van der Waals surface area contributed by atoms with E-state index in [-0.39, 0.29) is 19.1 Å². The second kappa shape index (κ2) is 56.7. The zero-order valence-electron chi connectivity index (χ0n) is 50.3. The number of aliphatic hydroxyl groups is 1. The standard InChI is InChI=1S/C65H129N2O6P/c1-6-8-10-12-14-16-18-20-22-24-26-27-28-29-30-31-32-33-34-35-36-37-38-39-41-43-45-47-49-51-53-55-57-59-65(69)66-63(62-73-74(70,71)72-61-60-67(3,4)5)64(68)58-56-54-52-50-48-46-44-42-40-25-23-21-19-17-15-13-11-9-7-2/h26-27,29-30,63-64,68H,6-25,28,31-62H2,1-5H3,(H-,66,69,70,71)/b27-26-,30-29-. The van der Waals surface area contributed by atoms with Crippen molar-refractivity contribution < 1.29 is 32.9 Å². The molecule has 0 spiro atoms. The highest BCUT2D eigenvalue weighted by molar-refractivity contribution is 7.45. The van der Waals surface area contributed by atoms with E-state index in [1.165, 1.54) is 263 Å². The van der Waals surface area contributed by atoms with Gasteiger partial charge in [0.05, 0.1) is 39.9 Å². The maximum atomic E-state index is 13.0. The van der Waals surface area contributed by atoms with Crippen molar-refractivity contribution in [1.82, 2.24) is 5.32 Å². The fourth-order valence-electron chi connectivity index (χ4n) is 10.1. The quantitative estimate of drug-likeness (QED) is 0.0272. The molecule has 0 heterocycles. The Labute approximate surface area is 462 Å². The van der Waals surface area contributed by atoms with Gasteiger partial charge in [-0.25, -0.2) is 0 Å². The van der Waals surface area contributed by atoms with E-state index in [1.807, 2.05) is 21.1 Å². The molecule has 1 amide bonds. The number of nitrogens with one attached hydrogen (secondary N) is 1. The Morgan fingerprint density at radius 3 is 1.12 bits per heavy atom. The van der Waals surface area contributed by atoms with Crippen molar-refractivity contribution in [2.24, 2.45) is 0 Å². The van der Waals surface area contributed by atoms with Gasteiger partial charge in [-0.3, -0.25) is 9.36 Å². The van der Waals surface area contributed by atoms with Gasteiger partial charge in [0, 0.05) is 6.42 Å². The minimum atomic E-state index is -4.57. The van der Waals surface area contributed by atoms with Crippen LogP contribution in [-0.4, -0.2) is 68.5 Å². The summed E-state index contributed by atoms with van der Waals surface area (Å²) in [4.78, 5) is 25.6. The summed E-state index contributed by atoms with van der Waals surface area (Å²) in [5.41, 5.74) is 0. The number of unbranched alkanes of at least 4 members (excludes halogenated alkanes) is 44. The van der Waals surface area contributed by atoms with Gasteiger partial charge in [-0.05, 0) is 44.9 Å². The van der Waals surface area contributed by atoms with Crippen LogP contribution in [0.3, 0.4) is 0 Å². The van der Waals surface area contributed by atoms with Gasteiger partial charge in [0.15, 0.2) is 0 Å². The first-order chi connectivity index (χ1) is 36.0. The van der Waals surface area contributed by atoms with Gasteiger partial charge in [0.1, 0.15) is 13.2 Å². The average molecular weight is 1070 g/mol. The number of allylic oxidation sites excluding steroid dienone is 4. The van der Waals surface area contributed by atoms with Crippen LogP contribution in [0.15, 0.2) is 24.3 Å². The van der Waals surface area contributed by atoms with E-state index < -0.39 is 20.0 Å². The lowest BCUT2D eigenvalue weighted by atomic mass is 10.0. The molecule has 3 unspecified atom stereocenters. The van der Waals surface area contributed by atoms with Gasteiger partial charge in [0.25, 0.3) is 7.82 Å². The van der Waals surface area contributed by atoms with E-state index >= 15 is 0 Å². The van der Waals surface area contributed by atoms with Crippen LogP contribution in [0, 0.1) is 0 Å². The van der Waals surface area contributed by atoms with E-state index in [1.54, 1.807) is 0 Å². The zero-order valence-corrected chi connectivity index (χ0v) is 51.2. The molecule has 8 nitrogen and oxygen atoms in total. The highest BCUT2D eigenvalue weighted by atomic mass is 31.2. The Morgan fingerprint density at radius 1 is 0.473 bits per heavy atom. The minimum absolute atomic E-state index is 0.0146. The Kier molecular flexibility index (Phi) is 55.9. The van der Waals surface area contributed by atoms with Gasteiger partial charge in [0.2, 0.25) is 5.91 Å². The summed E-state index contributed by atoms with van der Waals surface area (Å²) in [5, 5.41) is 14.1. The molecular weight excluding hydrogens is 936 g/mol. The third-order valence-corrected chi connectivity index (χ3v) is 16.2. The smallest absolute Gasteiger partial charge is 0.268 e. The number of nitrogens with zero attached hydrogens (tertiary/aromatic N) is 1. The molecule has 0 aromatic rings. The number of aliphatic hydroxyl groups excluding tert-OH is 1. The summed E-state index contributed by atoms with van der Waals surface area (Å²) >= 11 is 0. The minimum Gasteiger partial charge on any atom is -0.756 e. The van der Waals surface area contributed by atoms with Crippen LogP contribution >= 0.6 is 7.82 Å². The number of likely N-dealkylation sites (N-methyl/N-ethyl adjacent to an activating group) is 1. The van der Waals surface area contributed by atoms with Crippen LogP contribution in [0.25, 0.3) is 0 Å². The van der Waals surface area contributed by atoms with Gasteiger partial charge >= 0.3 is 0 Å². The number of amides is 1. The Morgan fingerprint density at radius 2 is 0.784 bits per heavy atom. The number of hydrogen-bond acceptors (Lipinski definition) is 6. The molecule has 0 aromatic heterocycles. The molecule has 3 atom stereocenters. The van der Waals surface area contributed by atoms with Crippen LogP contribution in [0.5, 0.6) is 0 Å². The molecule has 440 valence electrons. The van der Waals surface area contributed by atoms with Crippen LogP contribution in [-0.2, 0) is 18.4 Å². The van der Waals surface area contributed by atoms with Crippen LogP contribution < -0.4 is 10.2 Å². The average Bonchev–Trinajstić information content (AvgIpc) is 3.36. The molecule has 0 aliphatic carbocycles. The number of carbonyl (C=O) groups is 1. The summed E-state index contributed by atoms with van der Waals surface area (Å²) in [6, 6.07) is -0.799. The molecule has 0 saturated carbocycles. The Balaban J connectivity index is 4.00. The highest BCUT2D eigenvalue weighted by Gasteiger charge is 2.24. The number of quaternary nitrogens is 1. The molecule has 0 bridgehead atoms. The molecule has 0 fully saturated rings. The highest BCUT2D eigenvalue weighted by Crippen LogP contribution is 2.38. The molecule has 74 heavy (non-hydrogen) atoms. The molecule has 0 saturated heterocycles. The largest absolute Gasteiger partial charge is 0.756 e. The zero-order chi connectivity index (χ0) is 54.2. The Hall–Kier alpha value is -1.02. The number of phosphoric ester groups is 1. The van der Waals surface area contributed by atoms with Crippen LogP contribution in [0.2, 0.25) is 0 Å². The molecule has 9 heteroatoms. The van der Waals surface area contributed by atoms with Crippen molar-refractivity contribution in [2.75, 3.05) is 40.9 Å². The second-order valence-corrected chi connectivity index (χ2v) is 25.2. The fourth-order valence-corrected chi connectivity index (χ4v) is 10.8. The molecule has 0 aromatic carbocycles. The van der Waals surface area contributed by atoms with Gasteiger partial charge in [-0.1, -0.05) is 308 Å². The number of phosphoric acid groups is 1. The first kappa shape index (κ1) is 73.0. The van der Waals surface area contributed by atoms with Gasteiger partial charge < -0.3 is 28.8 Å². The first-order valence-corrected chi connectivity index (χ1v) is 34.1. The summed E-state index contributed by atoms with van der Waals surface area (Å²) in [6.07, 6.45) is 72.4.